The molecule has 0 saturated carbocycles. The third-order valence-corrected chi connectivity index (χ3v) is 2.29. The number of phenolic OH excluding ortho intramolecular Hbond substituents is 1. The summed E-state index contributed by atoms with van der Waals surface area (Å²) in [6, 6.07) is 1.88. The molecular weight excluding hydrogens is 241 g/mol. The Balaban J connectivity index is 3.11. The number of ether oxygens (including phenoxy) is 2. The molecule has 1 rings (SSSR count). The summed E-state index contributed by atoms with van der Waals surface area (Å²) in [7, 11) is 2.71. The van der Waals surface area contributed by atoms with E-state index in [0.29, 0.717) is 6.61 Å². The van der Waals surface area contributed by atoms with Crippen molar-refractivity contribution in [3.63, 3.8) is 0 Å². The second-order valence-electron chi connectivity index (χ2n) is 3.84. The number of esters is 1. The van der Waals surface area contributed by atoms with E-state index >= 15 is 0 Å². The fourth-order valence-electron chi connectivity index (χ4n) is 1.55. The number of hydrogen-bond donors (Lipinski definition) is 2. The molecule has 2 N–H and O–H groups in total. The van der Waals surface area contributed by atoms with Crippen LogP contribution in [0.1, 0.15) is 17.3 Å². The highest BCUT2D eigenvalue weighted by Gasteiger charge is 2.19. The lowest BCUT2D eigenvalue weighted by atomic mass is 10.1. The molecule has 0 saturated heterocycles. The van der Waals surface area contributed by atoms with Crippen LogP contribution in [0.5, 0.6) is 5.75 Å². The maximum absolute atomic E-state index is 13.7. The first kappa shape index (κ1) is 14.2. The molecule has 0 radical (unpaired) electrons. The summed E-state index contributed by atoms with van der Waals surface area (Å²) in [6.45, 7) is 2.12. The Labute approximate surface area is 105 Å². The summed E-state index contributed by atoms with van der Waals surface area (Å²) in [5.41, 5.74) is -0.0675. The topological polar surface area (TPSA) is 67.8 Å². The van der Waals surface area contributed by atoms with Crippen LogP contribution >= 0.6 is 0 Å². The van der Waals surface area contributed by atoms with Gasteiger partial charge in [-0.25, -0.2) is 9.18 Å². The molecule has 1 aromatic rings. The van der Waals surface area contributed by atoms with Gasteiger partial charge in [-0.3, -0.25) is 0 Å². The van der Waals surface area contributed by atoms with Crippen LogP contribution in [0.25, 0.3) is 0 Å². The number of halogens is 1. The van der Waals surface area contributed by atoms with Gasteiger partial charge in [-0.1, -0.05) is 0 Å². The molecule has 0 aromatic heterocycles. The quantitative estimate of drug-likeness (QED) is 0.621. The molecule has 0 aliphatic heterocycles. The monoisotopic (exact) mass is 257 g/mol. The Morgan fingerprint density at radius 1 is 1.50 bits per heavy atom. The van der Waals surface area contributed by atoms with Crippen LogP contribution in [0.15, 0.2) is 12.1 Å². The first-order chi connectivity index (χ1) is 8.49. The molecule has 5 nitrogen and oxygen atoms in total. The molecule has 0 spiro atoms. The van der Waals surface area contributed by atoms with Crippen molar-refractivity contribution in [2.24, 2.45) is 0 Å². The number of rotatable bonds is 5. The first-order valence-corrected chi connectivity index (χ1v) is 5.35. The average molecular weight is 257 g/mol. The highest BCUT2D eigenvalue weighted by Crippen LogP contribution is 2.26. The van der Waals surface area contributed by atoms with Crippen molar-refractivity contribution in [1.29, 1.82) is 0 Å². The highest BCUT2D eigenvalue weighted by atomic mass is 19.1. The number of aromatic hydroxyl groups is 1. The van der Waals surface area contributed by atoms with Crippen LogP contribution in [0.3, 0.4) is 0 Å². The van der Waals surface area contributed by atoms with Gasteiger partial charge in [0.15, 0.2) is 5.82 Å². The molecule has 0 aliphatic carbocycles. The Hall–Kier alpha value is -1.82. The van der Waals surface area contributed by atoms with Crippen molar-refractivity contribution in [2.45, 2.75) is 13.0 Å². The number of carbonyl (C=O) groups excluding carboxylic acids is 1. The van der Waals surface area contributed by atoms with Crippen LogP contribution in [-0.4, -0.2) is 37.9 Å². The number of benzene rings is 1. The first-order valence-electron chi connectivity index (χ1n) is 5.35. The lowest BCUT2D eigenvalue weighted by molar-refractivity contribution is 0.0600. The van der Waals surface area contributed by atoms with Gasteiger partial charge >= 0.3 is 5.97 Å². The van der Waals surface area contributed by atoms with E-state index < -0.39 is 11.8 Å². The third-order valence-electron chi connectivity index (χ3n) is 2.29. The molecule has 0 bridgehead atoms. The van der Waals surface area contributed by atoms with Gasteiger partial charge in [0.25, 0.3) is 0 Å². The van der Waals surface area contributed by atoms with Gasteiger partial charge in [0.2, 0.25) is 0 Å². The van der Waals surface area contributed by atoms with E-state index in [4.69, 9.17) is 4.74 Å². The van der Waals surface area contributed by atoms with E-state index in [1.165, 1.54) is 14.2 Å². The molecule has 100 valence electrons. The van der Waals surface area contributed by atoms with Crippen molar-refractivity contribution in [1.82, 2.24) is 0 Å². The van der Waals surface area contributed by atoms with E-state index in [-0.39, 0.29) is 23.0 Å². The molecule has 0 fully saturated rings. The summed E-state index contributed by atoms with van der Waals surface area (Å²) >= 11 is 0. The number of carbonyl (C=O) groups is 1. The lowest BCUT2D eigenvalue weighted by Gasteiger charge is -2.17. The van der Waals surface area contributed by atoms with Crippen molar-refractivity contribution >= 4 is 11.7 Å². The highest BCUT2D eigenvalue weighted by molar-refractivity contribution is 5.96. The van der Waals surface area contributed by atoms with E-state index in [1.54, 1.807) is 6.92 Å². The minimum atomic E-state index is -0.725. The maximum atomic E-state index is 13.7. The minimum Gasteiger partial charge on any atom is -0.508 e. The van der Waals surface area contributed by atoms with E-state index in [2.05, 4.69) is 10.1 Å². The largest absolute Gasteiger partial charge is 0.508 e. The van der Waals surface area contributed by atoms with Gasteiger partial charge in [-0.15, -0.1) is 0 Å². The zero-order valence-electron chi connectivity index (χ0n) is 10.5. The zero-order valence-corrected chi connectivity index (χ0v) is 10.5. The Bertz CT molecular complexity index is 436. The van der Waals surface area contributed by atoms with Crippen LogP contribution in [-0.2, 0) is 9.47 Å². The minimum absolute atomic E-state index is 0.01000. The molecule has 0 heterocycles. The third kappa shape index (κ3) is 3.33. The Morgan fingerprint density at radius 3 is 2.72 bits per heavy atom. The predicted octanol–water partition coefficient (Wildman–Crippen LogP) is 1.76. The van der Waals surface area contributed by atoms with Crippen LogP contribution < -0.4 is 5.32 Å². The summed E-state index contributed by atoms with van der Waals surface area (Å²) in [4.78, 5) is 11.5. The van der Waals surface area contributed by atoms with Crippen molar-refractivity contribution < 1.29 is 23.8 Å². The molecular formula is C12H16FNO4. The normalized spacial score (nSPS) is 12.0. The Kier molecular flexibility index (Phi) is 4.91. The number of nitrogens with one attached hydrogen (secondary N) is 1. The standard InChI is InChI=1S/C12H16FNO4/c1-7(6-17-2)14-11-9(12(16)18-3)4-8(15)5-10(11)13/h4-5,7,14-15H,6H2,1-3H3. The number of hydrogen-bond acceptors (Lipinski definition) is 5. The predicted molar refractivity (Wildman–Crippen MR) is 64.4 cm³/mol. The lowest BCUT2D eigenvalue weighted by Crippen LogP contribution is -2.23. The summed E-state index contributed by atoms with van der Waals surface area (Å²) in [6.07, 6.45) is 0. The number of anilines is 1. The smallest absolute Gasteiger partial charge is 0.340 e. The zero-order chi connectivity index (χ0) is 13.7. The van der Waals surface area contributed by atoms with Gasteiger partial charge in [0.05, 0.1) is 25.0 Å². The van der Waals surface area contributed by atoms with Crippen LogP contribution in [0.4, 0.5) is 10.1 Å². The summed E-state index contributed by atoms with van der Waals surface area (Å²) in [5.74, 6) is -1.78. The molecule has 0 amide bonds. The van der Waals surface area contributed by atoms with E-state index in [9.17, 15) is 14.3 Å². The summed E-state index contributed by atoms with van der Waals surface area (Å²) in [5, 5.41) is 12.1. The van der Waals surface area contributed by atoms with E-state index in [0.717, 1.165) is 12.1 Å². The van der Waals surface area contributed by atoms with Gasteiger partial charge in [0, 0.05) is 19.2 Å². The van der Waals surface area contributed by atoms with Crippen LogP contribution in [0.2, 0.25) is 0 Å². The van der Waals surface area contributed by atoms with Crippen molar-refractivity contribution in [3.8, 4) is 5.75 Å². The Morgan fingerprint density at radius 2 is 2.17 bits per heavy atom. The maximum Gasteiger partial charge on any atom is 0.340 e. The fourth-order valence-corrected chi connectivity index (χ4v) is 1.55. The second kappa shape index (κ2) is 6.20. The van der Waals surface area contributed by atoms with Crippen molar-refractivity contribution in [3.05, 3.63) is 23.5 Å². The van der Waals surface area contributed by atoms with Crippen LogP contribution in [0, 0.1) is 5.82 Å². The molecule has 1 unspecified atom stereocenters. The number of methoxy groups -OCH3 is 2. The van der Waals surface area contributed by atoms with E-state index in [1.807, 2.05) is 0 Å². The summed E-state index contributed by atoms with van der Waals surface area (Å²) < 4.78 is 23.2. The van der Waals surface area contributed by atoms with Gasteiger partial charge in [-0.05, 0) is 13.0 Å². The van der Waals surface area contributed by atoms with Crippen molar-refractivity contribution in [2.75, 3.05) is 26.1 Å². The van der Waals surface area contributed by atoms with Gasteiger partial charge < -0.3 is 19.9 Å². The number of phenols is 1. The molecule has 6 heteroatoms. The van der Waals surface area contributed by atoms with Gasteiger partial charge in [-0.2, -0.15) is 0 Å². The van der Waals surface area contributed by atoms with Gasteiger partial charge in [0.1, 0.15) is 5.75 Å². The molecule has 1 aromatic carbocycles. The average Bonchev–Trinajstić information content (AvgIpc) is 2.31. The molecule has 18 heavy (non-hydrogen) atoms. The fraction of sp³-hybridized carbons (Fsp3) is 0.417. The molecule has 1 atom stereocenters. The second-order valence-corrected chi connectivity index (χ2v) is 3.84. The molecule has 0 aliphatic rings. The SMILES string of the molecule is COCC(C)Nc1c(F)cc(O)cc1C(=O)OC.